The van der Waals surface area contributed by atoms with Crippen LogP contribution in [-0.4, -0.2) is 32.0 Å². The molecule has 5 rings (SSSR count). The second-order valence-electron chi connectivity index (χ2n) is 8.20. The number of hydrogen-bond acceptors (Lipinski definition) is 5. The molecule has 0 aliphatic rings. The number of fused-ring (bicyclic) bond motifs is 2. The first-order chi connectivity index (χ1) is 16.9. The van der Waals surface area contributed by atoms with Gasteiger partial charge in [0.05, 0.1) is 40.4 Å². The van der Waals surface area contributed by atoms with Gasteiger partial charge >= 0.3 is 0 Å². The largest absolute Gasteiger partial charge is 0.493 e. The summed E-state index contributed by atoms with van der Waals surface area (Å²) in [6.07, 6.45) is 2.46. The number of aromatic nitrogens is 4. The molecule has 3 aromatic carbocycles. The zero-order valence-electron chi connectivity index (χ0n) is 18.9. The molecule has 1 amide bonds. The van der Waals surface area contributed by atoms with E-state index in [9.17, 15) is 14.0 Å². The van der Waals surface area contributed by atoms with Crippen LogP contribution in [0.4, 0.5) is 4.39 Å². The Morgan fingerprint density at radius 1 is 1.11 bits per heavy atom. The van der Waals surface area contributed by atoms with E-state index in [1.165, 1.54) is 12.1 Å². The quantitative estimate of drug-likeness (QED) is 0.372. The normalized spacial score (nSPS) is 11.3. The zero-order chi connectivity index (χ0) is 24.5. The molecule has 0 spiro atoms. The van der Waals surface area contributed by atoms with Crippen molar-refractivity contribution in [2.75, 3.05) is 6.61 Å². The number of nitrogens with one attached hydrogen (secondary N) is 1. The lowest BCUT2D eigenvalue weighted by atomic mass is 10.1. The highest BCUT2D eigenvalue weighted by molar-refractivity contribution is 5.97. The topological polar surface area (TPSA) is 116 Å². The summed E-state index contributed by atoms with van der Waals surface area (Å²) in [5.41, 5.74) is 8.77. The van der Waals surface area contributed by atoms with Crippen LogP contribution in [-0.2, 0) is 6.54 Å². The Balaban J connectivity index is 1.55. The Kier molecular flexibility index (Phi) is 5.74. The van der Waals surface area contributed by atoms with E-state index in [-0.39, 0.29) is 16.9 Å². The fourth-order valence-corrected chi connectivity index (χ4v) is 3.95. The summed E-state index contributed by atoms with van der Waals surface area (Å²) in [7, 11) is 0. The molecule has 3 N–H and O–H groups in total. The molecule has 8 nitrogen and oxygen atoms in total. The van der Waals surface area contributed by atoms with Gasteiger partial charge < -0.3 is 20.0 Å². The van der Waals surface area contributed by atoms with E-state index in [2.05, 4.69) is 15.0 Å². The number of carbonyl (C=O) groups is 1. The number of ether oxygens (including phenoxy) is 1. The zero-order valence-corrected chi connectivity index (χ0v) is 18.9. The Morgan fingerprint density at radius 3 is 2.66 bits per heavy atom. The van der Waals surface area contributed by atoms with E-state index in [1.807, 2.05) is 11.5 Å². The number of halogens is 1. The van der Waals surface area contributed by atoms with Crippen LogP contribution in [0.25, 0.3) is 33.3 Å². The van der Waals surface area contributed by atoms with Crippen molar-refractivity contribution in [2.24, 2.45) is 5.73 Å². The first-order valence-corrected chi connectivity index (χ1v) is 11.1. The van der Waals surface area contributed by atoms with Gasteiger partial charge in [0.25, 0.3) is 11.5 Å². The van der Waals surface area contributed by atoms with Crippen LogP contribution in [0.3, 0.4) is 0 Å². The summed E-state index contributed by atoms with van der Waals surface area (Å²) in [5, 5.41) is 0.403. The fraction of sp³-hybridized carbons (Fsp3) is 0.154. The lowest BCUT2D eigenvalue weighted by molar-refractivity contribution is 0.0996. The highest BCUT2D eigenvalue weighted by atomic mass is 19.1. The van der Waals surface area contributed by atoms with Gasteiger partial charge in [-0.1, -0.05) is 19.1 Å². The van der Waals surface area contributed by atoms with Gasteiger partial charge in [-0.25, -0.2) is 14.4 Å². The van der Waals surface area contributed by atoms with Crippen LogP contribution >= 0.6 is 0 Å². The molecule has 0 unspecified atom stereocenters. The van der Waals surface area contributed by atoms with E-state index >= 15 is 0 Å². The van der Waals surface area contributed by atoms with Gasteiger partial charge in [-0.05, 0) is 54.4 Å². The molecule has 2 aromatic heterocycles. The van der Waals surface area contributed by atoms with Crippen molar-refractivity contribution in [1.29, 1.82) is 0 Å². The van der Waals surface area contributed by atoms with Crippen molar-refractivity contribution in [1.82, 2.24) is 19.5 Å². The minimum absolute atomic E-state index is 0.216. The maximum Gasteiger partial charge on any atom is 0.259 e. The molecular formula is C26H22FN5O3. The number of nitrogens with two attached hydrogens (primary N) is 1. The molecule has 2 heterocycles. The number of primary amides is 1. The first-order valence-electron chi connectivity index (χ1n) is 11.1. The molecule has 0 bridgehead atoms. The van der Waals surface area contributed by atoms with E-state index in [1.54, 1.807) is 48.8 Å². The summed E-state index contributed by atoms with van der Waals surface area (Å²) in [5.74, 6) is -0.235. The minimum Gasteiger partial charge on any atom is -0.493 e. The number of imidazole rings is 1. The number of hydrogen-bond donors (Lipinski definition) is 2. The highest BCUT2D eigenvalue weighted by Gasteiger charge is 2.15. The Bertz CT molecular complexity index is 1620. The van der Waals surface area contributed by atoms with Gasteiger partial charge in [-0.3, -0.25) is 9.59 Å². The van der Waals surface area contributed by atoms with Crippen molar-refractivity contribution in [3.8, 4) is 17.1 Å². The summed E-state index contributed by atoms with van der Waals surface area (Å²) in [6, 6.07) is 14.7. The van der Waals surface area contributed by atoms with Crippen LogP contribution in [0.15, 0.2) is 65.7 Å². The predicted molar refractivity (Wildman–Crippen MR) is 131 cm³/mol. The molecule has 0 saturated carbocycles. The Morgan fingerprint density at radius 2 is 1.91 bits per heavy atom. The van der Waals surface area contributed by atoms with Crippen molar-refractivity contribution < 1.29 is 13.9 Å². The smallest absolute Gasteiger partial charge is 0.259 e. The van der Waals surface area contributed by atoms with Gasteiger partial charge in [0.2, 0.25) is 0 Å². The minimum atomic E-state index is -0.630. The van der Waals surface area contributed by atoms with Crippen molar-refractivity contribution >= 4 is 27.8 Å². The van der Waals surface area contributed by atoms with Crippen LogP contribution in [0.1, 0.15) is 29.3 Å². The molecule has 0 fully saturated rings. The molecule has 5 aromatic rings. The second-order valence-corrected chi connectivity index (χ2v) is 8.20. The van der Waals surface area contributed by atoms with Crippen molar-refractivity contribution in [3.63, 3.8) is 0 Å². The lowest BCUT2D eigenvalue weighted by Gasteiger charge is -2.11. The van der Waals surface area contributed by atoms with E-state index in [4.69, 9.17) is 10.5 Å². The average Bonchev–Trinajstić information content (AvgIpc) is 3.24. The van der Waals surface area contributed by atoms with Gasteiger partial charge in [0, 0.05) is 12.1 Å². The molecule has 9 heteroatoms. The first kappa shape index (κ1) is 22.3. The highest BCUT2D eigenvalue weighted by Crippen LogP contribution is 2.26. The lowest BCUT2D eigenvalue weighted by Crippen LogP contribution is -2.14. The third-order valence-corrected chi connectivity index (χ3v) is 5.69. The van der Waals surface area contributed by atoms with E-state index in [0.29, 0.717) is 46.7 Å². The molecule has 0 radical (unpaired) electrons. The molecule has 0 atom stereocenters. The second kappa shape index (κ2) is 9.02. The third-order valence-electron chi connectivity index (χ3n) is 5.69. The number of benzene rings is 3. The van der Waals surface area contributed by atoms with Crippen LogP contribution in [0, 0.1) is 5.82 Å². The molecule has 0 aliphatic heterocycles. The number of H-pyrrole nitrogens is 1. The van der Waals surface area contributed by atoms with Crippen LogP contribution in [0.5, 0.6) is 5.75 Å². The fourth-order valence-electron chi connectivity index (χ4n) is 3.95. The van der Waals surface area contributed by atoms with Gasteiger partial charge in [-0.15, -0.1) is 0 Å². The van der Waals surface area contributed by atoms with E-state index < -0.39 is 5.91 Å². The number of rotatable bonds is 7. The number of aromatic amines is 1. The summed E-state index contributed by atoms with van der Waals surface area (Å²) >= 11 is 0. The standard InChI is InChI=1S/C26H22FN5O3/c1-2-9-35-23-8-5-16(10-19(23)24(28)33)25-30-20-12-21-22(11-18(20)26(34)31-25)32(14-29-21)13-15-3-6-17(27)7-4-15/h3-8,10-12,14H,2,9,13H2,1H3,(H2,28,33)(H,30,31,34). The van der Waals surface area contributed by atoms with Crippen LogP contribution < -0.4 is 16.0 Å². The predicted octanol–water partition coefficient (Wildman–Crippen LogP) is 4.01. The van der Waals surface area contributed by atoms with Gasteiger partial charge in [-0.2, -0.15) is 0 Å². The number of carbonyl (C=O) groups excluding carboxylic acids is 1. The molecule has 0 saturated heterocycles. The summed E-state index contributed by atoms with van der Waals surface area (Å²) in [4.78, 5) is 36.8. The Labute approximate surface area is 199 Å². The Hall–Kier alpha value is -4.53. The third kappa shape index (κ3) is 4.35. The monoisotopic (exact) mass is 471 g/mol. The van der Waals surface area contributed by atoms with E-state index in [0.717, 1.165) is 17.5 Å². The molecule has 35 heavy (non-hydrogen) atoms. The summed E-state index contributed by atoms with van der Waals surface area (Å²) in [6.45, 7) is 2.90. The maximum atomic E-state index is 13.2. The molecular weight excluding hydrogens is 449 g/mol. The summed E-state index contributed by atoms with van der Waals surface area (Å²) < 4.78 is 20.7. The number of nitrogens with zero attached hydrogens (tertiary/aromatic N) is 3. The maximum absolute atomic E-state index is 13.2. The van der Waals surface area contributed by atoms with Gasteiger partial charge in [0.15, 0.2) is 0 Å². The number of amides is 1. The SMILES string of the molecule is CCCOc1ccc(-c2nc3cc4ncn(Cc5ccc(F)cc5)c4cc3c(=O)[nH]2)cc1C(N)=O. The molecule has 0 aliphatic carbocycles. The van der Waals surface area contributed by atoms with Gasteiger partial charge in [0.1, 0.15) is 17.4 Å². The van der Waals surface area contributed by atoms with Crippen molar-refractivity contribution in [2.45, 2.75) is 19.9 Å². The molecule has 176 valence electrons. The van der Waals surface area contributed by atoms with Crippen LogP contribution in [0.2, 0.25) is 0 Å². The van der Waals surface area contributed by atoms with Crippen molar-refractivity contribution in [3.05, 3.63) is 88.2 Å². The average molecular weight is 471 g/mol.